The maximum Gasteiger partial charge on any atom is 0.337 e. The number of anilines is 1. The van der Waals surface area contributed by atoms with E-state index in [-0.39, 0.29) is 23.6 Å². The summed E-state index contributed by atoms with van der Waals surface area (Å²) in [6, 6.07) is 4.20. The fraction of sp³-hybridized carbons (Fsp3) is 0.533. The summed E-state index contributed by atoms with van der Waals surface area (Å²) in [6.07, 6.45) is 3.43. The lowest BCUT2D eigenvalue weighted by Crippen LogP contribution is -2.31. The smallest absolute Gasteiger partial charge is 0.337 e. The van der Waals surface area contributed by atoms with Gasteiger partial charge in [-0.2, -0.15) is 0 Å². The molecule has 0 aliphatic carbocycles. The van der Waals surface area contributed by atoms with Gasteiger partial charge in [0.15, 0.2) is 0 Å². The van der Waals surface area contributed by atoms with Crippen molar-refractivity contribution < 1.29 is 23.4 Å². The van der Waals surface area contributed by atoms with Crippen LogP contribution in [0.25, 0.3) is 0 Å². The predicted octanol–water partition coefficient (Wildman–Crippen LogP) is 1.04. The second kappa shape index (κ2) is 7.76. The number of nitrogens with zero attached hydrogens (tertiary/aromatic N) is 1. The maximum atomic E-state index is 12.2. The molecule has 1 saturated heterocycles. The van der Waals surface area contributed by atoms with E-state index in [1.54, 1.807) is 6.07 Å². The van der Waals surface area contributed by atoms with Crippen LogP contribution in [0.5, 0.6) is 0 Å². The Hall–Kier alpha value is -1.64. The van der Waals surface area contributed by atoms with E-state index >= 15 is 0 Å². The highest BCUT2D eigenvalue weighted by atomic mass is 32.2. The molecule has 2 rings (SSSR count). The molecule has 8 heteroatoms. The number of carboxylic acids is 1. The van der Waals surface area contributed by atoms with E-state index in [4.69, 9.17) is 5.11 Å². The molecule has 0 atom stereocenters. The third-order valence-electron chi connectivity index (χ3n) is 3.83. The standard InChI is InChI=1S/C15H22N2O5S/c18-10-4-7-16-23(21,22)12-5-6-14(13(11-12)15(19)20)17-8-2-1-3-9-17/h5-6,11,16,18H,1-4,7-10H2,(H,19,20). The van der Waals surface area contributed by atoms with Crippen LogP contribution in [0.1, 0.15) is 36.0 Å². The molecule has 0 spiro atoms. The summed E-state index contributed by atoms with van der Waals surface area (Å²) in [6.45, 7) is 1.55. The molecule has 3 N–H and O–H groups in total. The van der Waals surface area contributed by atoms with Crippen LogP contribution in [-0.4, -0.2) is 50.8 Å². The number of aromatic carboxylic acids is 1. The second-order valence-corrected chi connectivity index (χ2v) is 7.27. The average molecular weight is 342 g/mol. The van der Waals surface area contributed by atoms with Gasteiger partial charge in [0.1, 0.15) is 0 Å². The summed E-state index contributed by atoms with van der Waals surface area (Å²) >= 11 is 0. The summed E-state index contributed by atoms with van der Waals surface area (Å²) in [7, 11) is -3.78. The first-order chi connectivity index (χ1) is 11.0. The predicted molar refractivity (Wildman–Crippen MR) is 86.4 cm³/mol. The lowest BCUT2D eigenvalue weighted by molar-refractivity contribution is 0.0697. The highest BCUT2D eigenvalue weighted by Crippen LogP contribution is 2.27. The van der Waals surface area contributed by atoms with E-state index < -0.39 is 16.0 Å². The van der Waals surface area contributed by atoms with Crippen LogP contribution in [0, 0.1) is 0 Å². The Labute approximate surface area is 136 Å². The first kappa shape index (κ1) is 17.7. The molecule has 0 aromatic heterocycles. The van der Waals surface area contributed by atoms with Crippen molar-refractivity contribution in [1.29, 1.82) is 0 Å². The number of carboxylic acid groups (broad SMARTS) is 1. The molecule has 1 aliphatic heterocycles. The fourth-order valence-electron chi connectivity index (χ4n) is 2.63. The minimum absolute atomic E-state index is 0.00284. The zero-order valence-electron chi connectivity index (χ0n) is 12.9. The first-order valence-electron chi connectivity index (χ1n) is 7.68. The van der Waals surface area contributed by atoms with Gasteiger partial charge in [-0.05, 0) is 43.9 Å². The van der Waals surface area contributed by atoms with Crippen molar-refractivity contribution in [2.75, 3.05) is 31.1 Å². The van der Waals surface area contributed by atoms with E-state index in [0.29, 0.717) is 12.1 Å². The number of aliphatic hydroxyl groups is 1. The number of aliphatic hydroxyl groups excluding tert-OH is 1. The van der Waals surface area contributed by atoms with Crippen LogP contribution in [0.3, 0.4) is 0 Å². The van der Waals surface area contributed by atoms with Gasteiger partial charge in [0.2, 0.25) is 10.0 Å². The zero-order chi connectivity index (χ0) is 16.9. The Balaban J connectivity index is 2.30. The largest absolute Gasteiger partial charge is 0.478 e. The Kier molecular flexibility index (Phi) is 5.97. The fourth-order valence-corrected chi connectivity index (χ4v) is 3.73. The molecular weight excluding hydrogens is 320 g/mol. The van der Waals surface area contributed by atoms with Crippen LogP contribution >= 0.6 is 0 Å². The zero-order valence-corrected chi connectivity index (χ0v) is 13.7. The van der Waals surface area contributed by atoms with Gasteiger partial charge in [-0.15, -0.1) is 0 Å². The van der Waals surface area contributed by atoms with Crippen molar-refractivity contribution in [1.82, 2.24) is 4.72 Å². The van der Waals surface area contributed by atoms with E-state index in [1.165, 1.54) is 12.1 Å². The van der Waals surface area contributed by atoms with E-state index in [1.807, 2.05) is 4.90 Å². The average Bonchev–Trinajstić information content (AvgIpc) is 2.55. The van der Waals surface area contributed by atoms with Crippen LogP contribution in [-0.2, 0) is 10.0 Å². The number of benzene rings is 1. The van der Waals surface area contributed by atoms with Crippen LogP contribution in [0.4, 0.5) is 5.69 Å². The van der Waals surface area contributed by atoms with Gasteiger partial charge in [0.25, 0.3) is 0 Å². The number of nitrogens with one attached hydrogen (secondary N) is 1. The van der Waals surface area contributed by atoms with E-state index in [0.717, 1.165) is 32.4 Å². The summed E-state index contributed by atoms with van der Waals surface area (Å²) in [4.78, 5) is 13.4. The van der Waals surface area contributed by atoms with Gasteiger partial charge < -0.3 is 15.1 Å². The third kappa shape index (κ3) is 4.43. The lowest BCUT2D eigenvalue weighted by Gasteiger charge is -2.30. The summed E-state index contributed by atoms with van der Waals surface area (Å²) < 4.78 is 26.7. The molecule has 1 heterocycles. The van der Waals surface area contributed by atoms with Crippen molar-refractivity contribution in [2.45, 2.75) is 30.6 Å². The lowest BCUT2D eigenvalue weighted by atomic mass is 10.1. The highest BCUT2D eigenvalue weighted by Gasteiger charge is 2.22. The molecular formula is C15H22N2O5S. The van der Waals surface area contributed by atoms with Gasteiger partial charge in [0, 0.05) is 26.2 Å². The molecule has 0 bridgehead atoms. The van der Waals surface area contributed by atoms with Crippen LogP contribution in [0.15, 0.2) is 23.1 Å². The van der Waals surface area contributed by atoms with Gasteiger partial charge in [-0.25, -0.2) is 17.9 Å². The van der Waals surface area contributed by atoms with Crippen molar-refractivity contribution >= 4 is 21.7 Å². The Morgan fingerprint density at radius 2 is 1.91 bits per heavy atom. The molecule has 128 valence electrons. The van der Waals surface area contributed by atoms with Gasteiger partial charge in [-0.3, -0.25) is 0 Å². The summed E-state index contributed by atoms with van der Waals surface area (Å²) in [5.41, 5.74) is 0.559. The number of rotatable bonds is 7. The number of sulfonamides is 1. The van der Waals surface area contributed by atoms with Crippen molar-refractivity contribution in [3.8, 4) is 0 Å². The molecule has 0 radical (unpaired) electrons. The summed E-state index contributed by atoms with van der Waals surface area (Å²) in [5, 5.41) is 18.1. The second-order valence-electron chi connectivity index (χ2n) is 5.51. The Bertz CT molecular complexity index is 654. The van der Waals surface area contributed by atoms with Crippen molar-refractivity contribution in [3.63, 3.8) is 0 Å². The van der Waals surface area contributed by atoms with Crippen molar-refractivity contribution in [2.24, 2.45) is 0 Å². The molecule has 0 saturated carbocycles. The maximum absolute atomic E-state index is 12.2. The highest BCUT2D eigenvalue weighted by molar-refractivity contribution is 7.89. The minimum atomic E-state index is -3.78. The Morgan fingerprint density at radius 3 is 2.52 bits per heavy atom. The summed E-state index contributed by atoms with van der Waals surface area (Å²) in [5.74, 6) is -1.14. The van der Waals surface area contributed by atoms with Crippen LogP contribution < -0.4 is 9.62 Å². The molecule has 7 nitrogen and oxygen atoms in total. The van der Waals surface area contributed by atoms with Gasteiger partial charge in [-0.1, -0.05) is 0 Å². The minimum Gasteiger partial charge on any atom is -0.478 e. The molecule has 1 fully saturated rings. The number of hydrogen-bond donors (Lipinski definition) is 3. The van der Waals surface area contributed by atoms with Gasteiger partial charge >= 0.3 is 5.97 Å². The SMILES string of the molecule is O=C(O)c1cc(S(=O)(=O)NCCCO)ccc1N1CCCCC1. The third-order valence-corrected chi connectivity index (χ3v) is 5.29. The Morgan fingerprint density at radius 1 is 1.22 bits per heavy atom. The number of hydrogen-bond acceptors (Lipinski definition) is 5. The molecule has 1 aliphatic rings. The molecule has 23 heavy (non-hydrogen) atoms. The van der Waals surface area contributed by atoms with E-state index in [9.17, 15) is 18.3 Å². The van der Waals surface area contributed by atoms with Crippen molar-refractivity contribution in [3.05, 3.63) is 23.8 Å². The van der Waals surface area contributed by atoms with Gasteiger partial charge in [0.05, 0.1) is 16.1 Å². The van der Waals surface area contributed by atoms with E-state index in [2.05, 4.69) is 4.72 Å². The molecule has 1 aromatic rings. The molecule has 0 unspecified atom stereocenters. The quantitative estimate of drug-likeness (QED) is 0.639. The number of piperidine rings is 1. The normalized spacial score (nSPS) is 15.6. The topological polar surface area (TPSA) is 107 Å². The number of carbonyl (C=O) groups is 1. The monoisotopic (exact) mass is 342 g/mol. The molecule has 1 aromatic carbocycles. The molecule has 0 amide bonds. The first-order valence-corrected chi connectivity index (χ1v) is 9.17. The van der Waals surface area contributed by atoms with Crippen LogP contribution in [0.2, 0.25) is 0 Å².